The summed E-state index contributed by atoms with van der Waals surface area (Å²) >= 11 is 0. The molecule has 2 aliphatic heterocycles. The van der Waals surface area contributed by atoms with Gasteiger partial charge < -0.3 is 24.3 Å². The molecule has 8 nitrogen and oxygen atoms in total. The Hall–Kier alpha value is -3.55. The van der Waals surface area contributed by atoms with Gasteiger partial charge in [-0.05, 0) is 86.9 Å². The number of nitrogens with one attached hydrogen (secondary N) is 1. The van der Waals surface area contributed by atoms with Crippen molar-refractivity contribution in [3.63, 3.8) is 0 Å². The van der Waals surface area contributed by atoms with Gasteiger partial charge in [-0.2, -0.15) is 0 Å². The fourth-order valence-corrected chi connectivity index (χ4v) is 5.37. The molecule has 1 atom stereocenters. The van der Waals surface area contributed by atoms with Crippen molar-refractivity contribution in [3.8, 4) is 11.1 Å². The van der Waals surface area contributed by atoms with Crippen LogP contribution in [-0.2, 0) is 22.4 Å². The minimum atomic E-state index is -0.567. The van der Waals surface area contributed by atoms with E-state index in [4.69, 9.17) is 9.47 Å². The minimum absolute atomic E-state index is 0.114. The molecule has 0 bridgehead atoms. The molecule has 1 N–H and O–H groups in total. The number of benzene rings is 1. The first-order valence-electron chi connectivity index (χ1n) is 12.6. The van der Waals surface area contributed by atoms with Crippen molar-refractivity contribution in [3.05, 3.63) is 52.8 Å². The van der Waals surface area contributed by atoms with Gasteiger partial charge >= 0.3 is 12.2 Å². The largest absolute Gasteiger partial charge is 0.453 e. The Bertz CT molecular complexity index is 1320. The molecule has 1 fully saturated rings. The predicted molar refractivity (Wildman–Crippen MR) is 138 cm³/mol. The number of ether oxygens (including phenoxy) is 2. The van der Waals surface area contributed by atoms with E-state index in [2.05, 4.69) is 35.1 Å². The lowest BCUT2D eigenvalue weighted by Crippen LogP contribution is -2.39. The summed E-state index contributed by atoms with van der Waals surface area (Å²) in [5.41, 5.74) is 6.93. The first kappa shape index (κ1) is 24.2. The Morgan fingerprint density at radius 1 is 1.11 bits per heavy atom. The second kappa shape index (κ2) is 9.15. The Kier molecular flexibility index (Phi) is 6.14. The fraction of sp³-hybridized carbons (Fsp3) is 0.464. The number of hydrogen-bond acceptors (Lipinski definition) is 5. The number of aryl methyl sites for hydroxylation is 1. The van der Waals surface area contributed by atoms with Gasteiger partial charge in [-0.3, -0.25) is 0 Å². The number of likely N-dealkylation sites (tertiary alicyclic amines) is 1. The highest BCUT2D eigenvalue weighted by Crippen LogP contribution is 2.40. The van der Waals surface area contributed by atoms with Crippen molar-refractivity contribution in [1.29, 1.82) is 0 Å². The van der Waals surface area contributed by atoms with Crippen LogP contribution >= 0.6 is 0 Å². The van der Waals surface area contributed by atoms with E-state index in [1.807, 2.05) is 38.1 Å². The van der Waals surface area contributed by atoms with Gasteiger partial charge in [0.2, 0.25) is 0 Å². The van der Waals surface area contributed by atoms with E-state index in [0.717, 1.165) is 58.1 Å². The monoisotopic (exact) mass is 490 g/mol. The highest BCUT2D eigenvalue weighted by atomic mass is 16.6. The molecule has 0 saturated carbocycles. The summed E-state index contributed by atoms with van der Waals surface area (Å²) in [4.78, 5) is 36.9. The summed E-state index contributed by atoms with van der Waals surface area (Å²) in [5.74, 6) is 0. The predicted octanol–water partition coefficient (Wildman–Crippen LogP) is 5.73. The number of rotatable bonds is 2. The van der Waals surface area contributed by atoms with E-state index in [1.54, 1.807) is 4.90 Å². The SMILES string of the molecule is COC(=O)N1CCc2cc(-c3cnc4[nH]cc(C)c4c3)cc(C3CCCN3C(=O)OC(C)(C)C)c2C1. The number of nitrogens with zero attached hydrogens (tertiary/aromatic N) is 3. The topological polar surface area (TPSA) is 87.8 Å². The van der Waals surface area contributed by atoms with E-state index in [-0.39, 0.29) is 18.2 Å². The molecule has 0 spiro atoms. The summed E-state index contributed by atoms with van der Waals surface area (Å²) in [6.07, 6.45) is 5.72. The third-order valence-electron chi connectivity index (χ3n) is 7.12. The zero-order valence-corrected chi connectivity index (χ0v) is 21.7. The van der Waals surface area contributed by atoms with Crippen LogP contribution in [-0.4, -0.2) is 57.8 Å². The smallest absolute Gasteiger partial charge is 0.410 e. The van der Waals surface area contributed by atoms with Crippen molar-refractivity contribution in [2.24, 2.45) is 0 Å². The summed E-state index contributed by atoms with van der Waals surface area (Å²) in [5, 5.41) is 1.10. The van der Waals surface area contributed by atoms with Crippen LogP contribution in [0.1, 0.15) is 61.9 Å². The van der Waals surface area contributed by atoms with Crippen LogP contribution in [0.2, 0.25) is 0 Å². The number of pyridine rings is 1. The molecule has 4 heterocycles. The number of methoxy groups -OCH3 is 1. The first-order chi connectivity index (χ1) is 17.1. The lowest BCUT2D eigenvalue weighted by atomic mass is 9.87. The van der Waals surface area contributed by atoms with Crippen molar-refractivity contribution in [2.45, 2.75) is 65.1 Å². The molecule has 1 aromatic carbocycles. The number of aromatic nitrogens is 2. The number of fused-ring (bicyclic) bond motifs is 2. The maximum atomic E-state index is 13.1. The maximum absolute atomic E-state index is 13.1. The lowest BCUT2D eigenvalue weighted by Gasteiger charge is -2.34. The number of carbonyl (C=O) groups excluding carboxylic acids is 2. The molecule has 0 radical (unpaired) electrons. The molecule has 1 unspecified atom stereocenters. The molecule has 5 rings (SSSR count). The number of hydrogen-bond donors (Lipinski definition) is 1. The molecule has 2 aliphatic rings. The maximum Gasteiger partial charge on any atom is 0.410 e. The molecule has 0 aliphatic carbocycles. The zero-order valence-electron chi connectivity index (χ0n) is 21.7. The summed E-state index contributed by atoms with van der Waals surface area (Å²) < 4.78 is 10.8. The van der Waals surface area contributed by atoms with Gasteiger partial charge in [0.1, 0.15) is 11.2 Å². The van der Waals surface area contributed by atoms with Crippen LogP contribution in [0.3, 0.4) is 0 Å². The second-order valence-corrected chi connectivity index (χ2v) is 10.8. The van der Waals surface area contributed by atoms with E-state index in [9.17, 15) is 9.59 Å². The number of aromatic amines is 1. The van der Waals surface area contributed by atoms with Gasteiger partial charge in [0.25, 0.3) is 0 Å². The van der Waals surface area contributed by atoms with E-state index in [0.29, 0.717) is 19.6 Å². The number of carbonyl (C=O) groups is 2. The Morgan fingerprint density at radius 2 is 1.92 bits per heavy atom. The standard InChI is InChI=1S/C28H34N4O4/c1-17-14-29-25-21(17)13-20(15-30-25)19-11-18-8-10-31(26(33)35-5)16-23(18)22(12-19)24-7-6-9-32(24)27(34)36-28(2,3)4/h11-15,24H,6-10,16H2,1-5H3,(H,29,30). The normalized spacial score (nSPS) is 17.9. The fourth-order valence-electron chi connectivity index (χ4n) is 5.37. The zero-order chi connectivity index (χ0) is 25.6. The lowest BCUT2D eigenvalue weighted by molar-refractivity contribution is 0.0223. The molecule has 3 aromatic rings. The first-order valence-corrected chi connectivity index (χ1v) is 12.6. The molecule has 1 saturated heterocycles. The average Bonchev–Trinajstić information content (AvgIpc) is 3.48. The van der Waals surface area contributed by atoms with Crippen molar-refractivity contribution in [2.75, 3.05) is 20.2 Å². The van der Waals surface area contributed by atoms with Crippen LogP contribution < -0.4 is 0 Å². The summed E-state index contributed by atoms with van der Waals surface area (Å²) in [6.45, 7) is 9.44. The van der Waals surface area contributed by atoms with Gasteiger partial charge in [-0.1, -0.05) is 6.07 Å². The van der Waals surface area contributed by atoms with E-state index < -0.39 is 5.60 Å². The molecule has 36 heavy (non-hydrogen) atoms. The summed E-state index contributed by atoms with van der Waals surface area (Å²) in [7, 11) is 1.41. The highest BCUT2D eigenvalue weighted by Gasteiger charge is 2.36. The molecule has 2 amide bonds. The van der Waals surface area contributed by atoms with Gasteiger partial charge in [0.05, 0.1) is 13.2 Å². The Balaban J connectivity index is 1.60. The second-order valence-electron chi connectivity index (χ2n) is 10.8. The van der Waals surface area contributed by atoms with Crippen LogP contribution in [0.4, 0.5) is 9.59 Å². The Morgan fingerprint density at radius 3 is 2.67 bits per heavy atom. The van der Waals surface area contributed by atoms with Crippen molar-refractivity contribution < 1.29 is 19.1 Å². The van der Waals surface area contributed by atoms with Gasteiger partial charge in [0.15, 0.2) is 0 Å². The highest BCUT2D eigenvalue weighted by molar-refractivity contribution is 5.85. The molecular formula is C28H34N4O4. The number of amides is 2. The quantitative estimate of drug-likeness (QED) is 0.495. The third kappa shape index (κ3) is 4.52. The molecular weight excluding hydrogens is 456 g/mol. The minimum Gasteiger partial charge on any atom is -0.453 e. The van der Waals surface area contributed by atoms with Gasteiger partial charge in [-0.15, -0.1) is 0 Å². The van der Waals surface area contributed by atoms with Crippen LogP contribution in [0, 0.1) is 6.92 Å². The van der Waals surface area contributed by atoms with Gasteiger partial charge in [0, 0.05) is 43.0 Å². The van der Waals surface area contributed by atoms with E-state index in [1.165, 1.54) is 12.7 Å². The third-order valence-corrected chi connectivity index (χ3v) is 7.12. The average molecular weight is 491 g/mol. The summed E-state index contributed by atoms with van der Waals surface area (Å²) in [6, 6.07) is 6.45. The van der Waals surface area contributed by atoms with Crippen LogP contribution in [0.15, 0.2) is 30.6 Å². The van der Waals surface area contributed by atoms with Crippen LogP contribution in [0.25, 0.3) is 22.2 Å². The van der Waals surface area contributed by atoms with Crippen molar-refractivity contribution >= 4 is 23.2 Å². The van der Waals surface area contributed by atoms with Gasteiger partial charge in [-0.25, -0.2) is 14.6 Å². The molecule has 8 heteroatoms. The molecule has 2 aromatic heterocycles. The number of H-pyrrole nitrogens is 1. The molecule has 190 valence electrons. The van der Waals surface area contributed by atoms with E-state index >= 15 is 0 Å². The van der Waals surface area contributed by atoms with Crippen LogP contribution in [0.5, 0.6) is 0 Å². The van der Waals surface area contributed by atoms with Crippen molar-refractivity contribution in [1.82, 2.24) is 19.8 Å². The Labute approximate surface area is 211 Å².